The van der Waals surface area contributed by atoms with Crippen LogP contribution in [0.25, 0.3) is 0 Å². The van der Waals surface area contributed by atoms with Crippen LogP contribution >= 0.6 is 23.4 Å². The van der Waals surface area contributed by atoms with Gasteiger partial charge in [-0.2, -0.15) is 0 Å². The summed E-state index contributed by atoms with van der Waals surface area (Å²) in [6.07, 6.45) is 4.51. The quantitative estimate of drug-likeness (QED) is 0.483. The van der Waals surface area contributed by atoms with E-state index in [4.69, 9.17) is 11.6 Å². The molecule has 0 atom stereocenters. The molecule has 0 saturated carbocycles. The Balaban J connectivity index is 2.37. The molecular formula is C9H5ClN4O2S. The van der Waals surface area contributed by atoms with Crippen molar-refractivity contribution < 1.29 is 4.92 Å². The predicted molar refractivity (Wildman–Crippen MR) is 62.1 cm³/mol. The normalized spacial score (nSPS) is 10.2. The van der Waals surface area contributed by atoms with E-state index >= 15 is 0 Å². The van der Waals surface area contributed by atoms with Gasteiger partial charge in [0.2, 0.25) is 0 Å². The number of halogens is 1. The van der Waals surface area contributed by atoms with Crippen LogP contribution in [0.4, 0.5) is 5.69 Å². The van der Waals surface area contributed by atoms with Gasteiger partial charge >= 0.3 is 5.69 Å². The molecule has 0 amide bonds. The first kappa shape index (κ1) is 11.7. The monoisotopic (exact) mass is 268 g/mol. The molecule has 2 aromatic heterocycles. The van der Waals surface area contributed by atoms with E-state index in [1.165, 1.54) is 30.7 Å². The lowest BCUT2D eigenvalue weighted by Crippen LogP contribution is -1.94. The standard InChI is InChI=1S/C9H5ClN4O2S/c10-7-2-1-6(14(15)16)9(13-7)17-8-5-11-3-4-12-8/h1-5H. The van der Waals surface area contributed by atoms with E-state index in [0.717, 1.165) is 11.8 Å². The first-order valence-electron chi connectivity index (χ1n) is 4.41. The van der Waals surface area contributed by atoms with Crippen molar-refractivity contribution in [3.8, 4) is 0 Å². The van der Waals surface area contributed by atoms with Gasteiger partial charge in [0.25, 0.3) is 0 Å². The molecule has 2 rings (SSSR count). The van der Waals surface area contributed by atoms with Crippen LogP contribution in [-0.4, -0.2) is 19.9 Å². The van der Waals surface area contributed by atoms with Crippen molar-refractivity contribution in [2.45, 2.75) is 10.1 Å². The minimum Gasteiger partial charge on any atom is -0.260 e. The second kappa shape index (κ2) is 5.07. The Kier molecular flexibility index (Phi) is 3.50. The molecule has 0 saturated heterocycles. The number of pyridine rings is 1. The lowest BCUT2D eigenvalue weighted by molar-refractivity contribution is -0.388. The van der Waals surface area contributed by atoms with E-state index in [9.17, 15) is 10.1 Å². The van der Waals surface area contributed by atoms with Crippen molar-refractivity contribution >= 4 is 29.1 Å². The van der Waals surface area contributed by atoms with Crippen LogP contribution in [0.1, 0.15) is 0 Å². The lowest BCUT2D eigenvalue weighted by atomic mass is 10.4. The molecule has 17 heavy (non-hydrogen) atoms. The van der Waals surface area contributed by atoms with E-state index < -0.39 is 4.92 Å². The van der Waals surface area contributed by atoms with Gasteiger partial charge in [-0.05, 0) is 17.8 Å². The van der Waals surface area contributed by atoms with Crippen molar-refractivity contribution in [1.29, 1.82) is 0 Å². The molecule has 0 unspecified atom stereocenters. The van der Waals surface area contributed by atoms with Crippen LogP contribution in [0, 0.1) is 10.1 Å². The topological polar surface area (TPSA) is 81.8 Å². The zero-order valence-electron chi connectivity index (χ0n) is 8.28. The predicted octanol–water partition coefficient (Wildman–Crippen LogP) is 2.58. The molecule has 0 N–H and O–H groups in total. The molecule has 0 fully saturated rings. The highest BCUT2D eigenvalue weighted by Crippen LogP contribution is 2.32. The first-order valence-corrected chi connectivity index (χ1v) is 5.61. The average Bonchev–Trinajstić information content (AvgIpc) is 2.30. The highest BCUT2D eigenvalue weighted by atomic mass is 35.5. The summed E-state index contributed by atoms with van der Waals surface area (Å²) >= 11 is 6.75. The van der Waals surface area contributed by atoms with Crippen molar-refractivity contribution in [3.05, 3.63) is 46.0 Å². The molecule has 0 aliphatic carbocycles. The zero-order chi connectivity index (χ0) is 12.3. The molecule has 0 aliphatic rings. The Labute approximate surface area is 105 Å². The molecule has 0 aliphatic heterocycles. The van der Waals surface area contributed by atoms with Crippen LogP contribution in [0.3, 0.4) is 0 Å². The van der Waals surface area contributed by atoms with Crippen molar-refractivity contribution in [2.24, 2.45) is 0 Å². The first-order chi connectivity index (χ1) is 8.16. The highest BCUT2D eigenvalue weighted by Gasteiger charge is 2.17. The molecule has 2 heterocycles. The summed E-state index contributed by atoms with van der Waals surface area (Å²) in [5, 5.41) is 11.7. The van der Waals surface area contributed by atoms with Gasteiger partial charge in [-0.15, -0.1) is 0 Å². The Morgan fingerprint density at radius 3 is 2.82 bits per heavy atom. The molecule has 0 radical (unpaired) electrons. The summed E-state index contributed by atoms with van der Waals surface area (Å²) in [4.78, 5) is 22.1. The van der Waals surface area contributed by atoms with Gasteiger partial charge in [-0.25, -0.2) is 9.97 Å². The van der Waals surface area contributed by atoms with Gasteiger partial charge in [0.1, 0.15) is 10.2 Å². The van der Waals surface area contributed by atoms with Crippen LogP contribution in [0.5, 0.6) is 0 Å². The third-order valence-corrected chi connectivity index (χ3v) is 2.87. The smallest absolute Gasteiger partial charge is 0.260 e. The highest BCUT2D eigenvalue weighted by molar-refractivity contribution is 7.99. The second-order valence-electron chi connectivity index (χ2n) is 2.86. The van der Waals surface area contributed by atoms with E-state index in [1.54, 1.807) is 0 Å². The van der Waals surface area contributed by atoms with E-state index in [2.05, 4.69) is 15.0 Å². The third-order valence-electron chi connectivity index (χ3n) is 1.74. The molecule has 2 aromatic rings. The van der Waals surface area contributed by atoms with Crippen molar-refractivity contribution in [2.75, 3.05) is 0 Å². The fourth-order valence-electron chi connectivity index (χ4n) is 1.06. The number of hydrogen-bond acceptors (Lipinski definition) is 6. The van der Waals surface area contributed by atoms with Crippen LogP contribution < -0.4 is 0 Å². The largest absolute Gasteiger partial charge is 0.301 e. The summed E-state index contributed by atoms with van der Waals surface area (Å²) in [7, 11) is 0. The second-order valence-corrected chi connectivity index (χ2v) is 4.26. The van der Waals surface area contributed by atoms with Gasteiger partial charge in [-0.3, -0.25) is 15.1 Å². The Bertz CT molecular complexity index is 552. The minimum atomic E-state index is -0.512. The Morgan fingerprint density at radius 1 is 1.35 bits per heavy atom. The maximum Gasteiger partial charge on any atom is 0.301 e. The number of nitro groups is 1. The maximum absolute atomic E-state index is 10.8. The van der Waals surface area contributed by atoms with Crippen molar-refractivity contribution in [1.82, 2.24) is 15.0 Å². The number of rotatable bonds is 3. The molecular weight excluding hydrogens is 264 g/mol. The molecule has 86 valence electrons. The van der Waals surface area contributed by atoms with Crippen LogP contribution in [0.2, 0.25) is 5.15 Å². The summed E-state index contributed by atoms with van der Waals surface area (Å²) in [5.74, 6) is 0. The Hall–Kier alpha value is -1.73. The molecule has 8 heteroatoms. The minimum absolute atomic E-state index is 0.106. The summed E-state index contributed by atoms with van der Waals surface area (Å²) < 4.78 is 0. The van der Waals surface area contributed by atoms with Gasteiger partial charge in [0.15, 0.2) is 5.03 Å². The van der Waals surface area contributed by atoms with E-state index in [1.807, 2.05) is 0 Å². The molecule has 0 aromatic carbocycles. The van der Waals surface area contributed by atoms with Crippen LogP contribution in [-0.2, 0) is 0 Å². The van der Waals surface area contributed by atoms with Crippen molar-refractivity contribution in [3.63, 3.8) is 0 Å². The van der Waals surface area contributed by atoms with E-state index in [-0.39, 0.29) is 15.9 Å². The lowest BCUT2D eigenvalue weighted by Gasteiger charge is -2.01. The molecule has 0 spiro atoms. The molecule has 6 nitrogen and oxygen atoms in total. The van der Waals surface area contributed by atoms with Gasteiger partial charge in [0, 0.05) is 18.5 Å². The summed E-state index contributed by atoms with van der Waals surface area (Å²) in [6, 6.07) is 2.69. The third kappa shape index (κ3) is 2.89. The molecule has 0 bridgehead atoms. The van der Waals surface area contributed by atoms with E-state index in [0.29, 0.717) is 5.03 Å². The zero-order valence-corrected chi connectivity index (χ0v) is 9.85. The maximum atomic E-state index is 10.8. The number of aromatic nitrogens is 3. The summed E-state index contributed by atoms with van der Waals surface area (Å²) in [5.41, 5.74) is -0.106. The van der Waals surface area contributed by atoms with Gasteiger partial charge in [0.05, 0.1) is 11.1 Å². The Morgan fingerprint density at radius 2 is 2.18 bits per heavy atom. The number of hydrogen-bond donors (Lipinski definition) is 0. The number of nitrogens with zero attached hydrogens (tertiary/aromatic N) is 4. The SMILES string of the molecule is O=[N+]([O-])c1ccc(Cl)nc1Sc1cnccn1. The van der Waals surface area contributed by atoms with Gasteiger partial charge < -0.3 is 0 Å². The van der Waals surface area contributed by atoms with Crippen LogP contribution in [0.15, 0.2) is 40.8 Å². The average molecular weight is 269 g/mol. The summed E-state index contributed by atoms with van der Waals surface area (Å²) in [6.45, 7) is 0. The fourth-order valence-corrected chi connectivity index (χ4v) is 2.08. The van der Waals surface area contributed by atoms with Gasteiger partial charge in [-0.1, -0.05) is 11.6 Å². The fraction of sp³-hybridized carbons (Fsp3) is 0.